The van der Waals surface area contributed by atoms with Crippen molar-refractivity contribution in [1.82, 2.24) is 24.1 Å². The van der Waals surface area contributed by atoms with Gasteiger partial charge in [0.25, 0.3) is 15.6 Å². The van der Waals surface area contributed by atoms with E-state index in [1.54, 1.807) is 17.7 Å². The Labute approximate surface area is 175 Å². The molecule has 3 atom stereocenters. The quantitative estimate of drug-likeness (QED) is 0.672. The summed E-state index contributed by atoms with van der Waals surface area (Å²) in [5.74, 6) is 0.635. The molecule has 1 aliphatic carbocycles. The smallest absolute Gasteiger partial charge is 0.267 e. The van der Waals surface area contributed by atoms with E-state index in [0.717, 1.165) is 38.6 Å². The van der Waals surface area contributed by atoms with Crippen molar-refractivity contribution >= 4 is 15.8 Å². The summed E-state index contributed by atoms with van der Waals surface area (Å²) >= 11 is 0. The van der Waals surface area contributed by atoms with Gasteiger partial charge in [-0.3, -0.25) is 4.79 Å². The Morgan fingerprint density at radius 1 is 1.20 bits per heavy atom. The normalized spacial score (nSPS) is 25.0. The van der Waals surface area contributed by atoms with Crippen molar-refractivity contribution in [3.05, 3.63) is 35.0 Å². The van der Waals surface area contributed by atoms with Crippen LogP contribution in [0.4, 0.5) is 5.82 Å². The van der Waals surface area contributed by atoms with Crippen molar-refractivity contribution in [2.24, 2.45) is 7.05 Å². The standard InChI is InChI=1S/C19H28N6O4S/c1-23-12-18(20-13-23)30(28,29)21-11-14-5-2-3-10-24(14)17-8-9-19(27)25(22-17)15-6-4-7-16(15)26/h8-9,12-16,21,26H,2-7,10-11H2,1H3. The molecule has 4 rings (SSSR count). The van der Waals surface area contributed by atoms with Crippen LogP contribution in [0.5, 0.6) is 0 Å². The predicted molar refractivity (Wildman–Crippen MR) is 111 cm³/mol. The topological polar surface area (TPSA) is 122 Å². The molecule has 3 heterocycles. The zero-order valence-corrected chi connectivity index (χ0v) is 17.8. The number of hydrogen-bond donors (Lipinski definition) is 2. The molecule has 164 valence electrons. The SMILES string of the molecule is Cn1cnc(S(=O)(=O)NCC2CCCCN2c2ccc(=O)n(C3CCCC3O)n2)c1. The lowest BCUT2D eigenvalue weighted by Crippen LogP contribution is -2.48. The van der Waals surface area contributed by atoms with E-state index in [0.29, 0.717) is 12.2 Å². The fourth-order valence-electron chi connectivity index (χ4n) is 4.33. The lowest BCUT2D eigenvalue weighted by molar-refractivity contribution is 0.127. The molecule has 30 heavy (non-hydrogen) atoms. The molecule has 2 aromatic heterocycles. The molecular weight excluding hydrogens is 408 g/mol. The van der Waals surface area contributed by atoms with Gasteiger partial charge in [0.05, 0.1) is 18.5 Å². The molecule has 1 saturated heterocycles. The summed E-state index contributed by atoms with van der Waals surface area (Å²) < 4.78 is 30.7. The molecule has 1 aliphatic heterocycles. The van der Waals surface area contributed by atoms with Crippen molar-refractivity contribution in [3.63, 3.8) is 0 Å². The average molecular weight is 437 g/mol. The van der Waals surface area contributed by atoms with Gasteiger partial charge in [0.15, 0.2) is 5.03 Å². The second-order valence-electron chi connectivity index (χ2n) is 8.11. The Balaban J connectivity index is 1.53. The summed E-state index contributed by atoms with van der Waals surface area (Å²) in [7, 11) is -1.98. The van der Waals surface area contributed by atoms with Gasteiger partial charge in [0.1, 0.15) is 5.82 Å². The van der Waals surface area contributed by atoms with Gasteiger partial charge in [-0.2, -0.15) is 5.10 Å². The summed E-state index contributed by atoms with van der Waals surface area (Å²) in [4.78, 5) is 18.3. The number of aliphatic hydroxyl groups excluding tert-OH is 1. The van der Waals surface area contributed by atoms with E-state index >= 15 is 0 Å². The van der Waals surface area contributed by atoms with Gasteiger partial charge in [0.2, 0.25) is 0 Å². The number of aliphatic hydroxyl groups is 1. The molecule has 2 aliphatic rings. The van der Waals surface area contributed by atoms with Crippen molar-refractivity contribution in [2.45, 2.75) is 61.7 Å². The zero-order valence-electron chi connectivity index (χ0n) is 17.0. The summed E-state index contributed by atoms with van der Waals surface area (Å²) in [5, 5.41) is 14.8. The largest absolute Gasteiger partial charge is 0.391 e. The zero-order chi connectivity index (χ0) is 21.3. The molecular formula is C19H28N6O4S. The second-order valence-corrected chi connectivity index (χ2v) is 9.83. The van der Waals surface area contributed by atoms with Crippen LogP contribution in [0.2, 0.25) is 0 Å². The predicted octanol–water partition coefficient (Wildman–Crippen LogP) is 0.400. The van der Waals surface area contributed by atoms with Crippen molar-refractivity contribution in [2.75, 3.05) is 18.0 Å². The monoisotopic (exact) mass is 436 g/mol. The van der Waals surface area contributed by atoms with Crippen molar-refractivity contribution < 1.29 is 13.5 Å². The summed E-state index contributed by atoms with van der Waals surface area (Å²) in [6.07, 6.45) is 7.40. The van der Waals surface area contributed by atoms with Crippen LogP contribution >= 0.6 is 0 Å². The van der Waals surface area contributed by atoms with Gasteiger partial charge < -0.3 is 14.6 Å². The van der Waals surface area contributed by atoms with E-state index in [-0.39, 0.29) is 29.2 Å². The highest BCUT2D eigenvalue weighted by Crippen LogP contribution is 2.29. The van der Waals surface area contributed by atoms with E-state index in [1.165, 1.54) is 23.3 Å². The lowest BCUT2D eigenvalue weighted by Gasteiger charge is -2.37. The maximum atomic E-state index is 12.5. The molecule has 3 unspecified atom stereocenters. The molecule has 0 radical (unpaired) electrons. The molecule has 0 amide bonds. The first-order chi connectivity index (χ1) is 14.3. The highest BCUT2D eigenvalue weighted by atomic mass is 32.2. The average Bonchev–Trinajstić information content (AvgIpc) is 3.36. The molecule has 11 heteroatoms. The Morgan fingerprint density at radius 2 is 2.03 bits per heavy atom. The van der Waals surface area contributed by atoms with Gasteiger partial charge in [-0.1, -0.05) is 0 Å². The lowest BCUT2D eigenvalue weighted by atomic mass is 10.0. The Morgan fingerprint density at radius 3 is 2.73 bits per heavy atom. The minimum atomic E-state index is -3.70. The van der Waals surface area contributed by atoms with E-state index in [1.807, 2.05) is 0 Å². The number of imidazole rings is 1. The first-order valence-electron chi connectivity index (χ1n) is 10.4. The number of hydrogen-bond acceptors (Lipinski definition) is 7. The van der Waals surface area contributed by atoms with E-state index in [2.05, 4.69) is 19.7 Å². The first kappa shape index (κ1) is 21.0. The number of anilines is 1. The van der Waals surface area contributed by atoms with Crippen LogP contribution in [0.25, 0.3) is 0 Å². The number of aromatic nitrogens is 4. The third-order valence-electron chi connectivity index (χ3n) is 5.96. The van der Waals surface area contributed by atoms with Crippen LogP contribution in [0.15, 0.2) is 34.5 Å². The van der Waals surface area contributed by atoms with Crippen LogP contribution in [0.3, 0.4) is 0 Å². The van der Waals surface area contributed by atoms with Crippen LogP contribution in [0.1, 0.15) is 44.6 Å². The third-order valence-corrected chi connectivity index (χ3v) is 7.26. The van der Waals surface area contributed by atoms with E-state index in [9.17, 15) is 18.3 Å². The number of rotatable bonds is 6. The number of aryl methyl sites for hydroxylation is 1. The third kappa shape index (κ3) is 4.28. The minimum absolute atomic E-state index is 0.00532. The van der Waals surface area contributed by atoms with Crippen LogP contribution in [-0.4, -0.2) is 58.1 Å². The molecule has 0 bridgehead atoms. The van der Waals surface area contributed by atoms with E-state index < -0.39 is 16.1 Å². The second kappa shape index (κ2) is 8.48. The maximum Gasteiger partial charge on any atom is 0.267 e. The van der Waals surface area contributed by atoms with Crippen molar-refractivity contribution in [1.29, 1.82) is 0 Å². The van der Waals surface area contributed by atoms with E-state index in [4.69, 9.17) is 0 Å². The van der Waals surface area contributed by atoms with Crippen molar-refractivity contribution in [3.8, 4) is 0 Å². The number of piperidine rings is 1. The van der Waals surface area contributed by atoms with Crippen LogP contribution in [0, 0.1) is 0 Å². The molecule has 10 nitrogen and oxygen atoms in total. The maximum absolute atomic E-state index is 12.5. The number of sulfonamides is 1. The number of nitrogens with zero attached hydrogens (tertiary/aromatic N) is 5. The first-order valence-corrected chi connectivity index (χ1v) is 11.9. The Bertz CT molecular complexity index is 1050. The summed E-state index contributed by atoms with van der Waals surface area (Å²) in [6, 6.07) is 2.79. The van der Waals surface area contributed by atoms with Gasteiger partial charge in [-0.15, -0.1) is 0 Å². The highest BCUT2D eigenvalue weighted by molar-refractivity contribution is 7.89. The molecule has 2 N–H and O–H groups in total. The molecule has 2 fully saturated rings. The van der Waals surface area contributed by atoms with Gasteiger partial charge >= 0.3 is 0 Å². The Hall–Kier alpha value is -2.24. The number of nitrogens with one attached hydrogen (secondary N) is 1. The van der Waals surface area contributed by atoms with Gasteiger partial charge in [-0.25, -0.2) is 22.8 Å². The fourth-order valence-corrected chi connectivity index (χ4v) is 5.38. The molecule has 1 saturated carbocycles. The summed E-state index contributed by atoms with van der Waals surface area (Å²) in [6.45, 7) is 0.959. The highest BCUT2D eigenvalue weighted by Gasteiger charge is 2.30. The fraction of sp³-hybridized carbons (Fsp3) is 0.632. The van der Waals surface area contributed by atoms with Gasteiger partial charge in [-0.05, 0) is 44.6 Å². The summed E-state index contributed by atoms with van der Waals surface area (Å²) in [5.41, 5.74) is -0.228. The minimum Gasteiger partial charge on any atom is -0.391 e. The molecule has 0 spiro atoms. The van der Waals surface area contributed by atoms with Gasteiger partial charge in [0, 0.05) is 38.4 Å². The van der Waals surface area contributed by atoms with Crippen LogP contribution in [-0.2, 0) is 17.1 Å². The van der Waals surface area contributed by atoms with Crippen LogP contribution < -0.4 is 15.2 Å². The molecule has 0 aromatic carbocycles. The Kier molecular flexibility index (Phi) is 5.94. The molecule has 2 aromatic rings.